The lowest BCUT2D eigenvalue weighted by atomic mass is 9.91. The van der Waals surface area contributed by atoms with Crippen LogP contribution in [0.1, 0.15) is 19.3 Å². The van der Waals surface area contributed by atoms with Crippen molar-refractivity contribution in [2.45, 2.75) is 19.3 Å². The van der Waals surface area contributed by atoms with Crippen LogP contribution in [0.25, 0.3) is 0 Å². The molecule has 0 radical (unpaired) electrons. The Labute approximate surface area is 116 Å². The number of carbonyl (C=O) groups is 2. The van der Waals surface area contributed by atoms with Gasteiger partial charge in [0.2, 0.25) is 5.91 Å². The molecule has 0 aromatic carbocycles. The first-order valence-electron chi connectivity index (χ1n) is 6.66. The summed E-state index contributed by atoms with van der Waals surface area (Å²) in [6, 6.07) is 1.70. The summed E-state index contributed by atoms with van der Waals surface area (Å²) in [5.41, 5.74) is 0.659. The highest BCUT2D eigenvalue weighted by atomic mass is 16.4. The lowest BCUT2D eigenvalue weighted by Gasteiger charge is -2.30. The minimum atomic E-state index is -0.871. The highest BCUT2D eigenvalue weighted by Gasteiger charge is 2.58. The van der Waals surface area contributed by atoms with E-state index in [1.54, 1.807) is 6.07 Å². The molecular formula is C13H16N4O3. The van der Waals surface area contributed by atoms with Gasteiger partial charge in [0.05, 0.1) is 18.1 Å². The van der Waals surface area contributed by atoms with E-state index in [1.165, 1.54) is 17.3 Å². The number of hydrogen-bond donors (Lipinski definition) is 2. The van der Waals surface area contributed by atoms with Crippen molar-refractivity contribution < 1.29 is 14.7 Å². The van der Waals surface area contributed by atoms with Gasteiger partial charge in [-0.3, -0.25) is 4.79 Å². The molecule has 0 unspecified atom stereocenters. The van der Waals surface area contributed by atoms with Crippen LogP contribution in [0.15, 0.2) is 18.5 Å². The summed E-state index contributed by atoms with van der Waals surface area (Å²) in [5.74, 6) is -0.00612. The second kappa shape index (κ2) is 4.73. The zero-order valence-corrected chi connectivity index (χ0v) is 11.0. The van der Waals surface area contributed by atoms with Gasteiger partial charge >= 0.3 is 6.09 Å². The molecule has 2 fully saturated rings. The number of carboxylic acid groups (broad SMARTS) is 1. The number of nitrogens with zero attached hydrogens (tertiary/aromatic N) is 3. The molecular weight excluding hydrogens is 260 g/mol. The van der Waals surface area contributed by atoms with Crippen LogP contribution in [0, 0.1) is 11.3 Å². The predicted octanol–water partition coefficient (Wildman–Crippen LogP) is 1.20. The molecule has 1 aliphatic carbocycles. The van der Waals surface area contributed by atoms with E-state index in [0.29, 0.717) is 18.8 Å². The standard InChI is InChI=1S/C13H16N4O3/c18-11(16-9-1-4-14-15-8-9)10-7-13(10)2-5-17(6-3-13)12(19)20/h1,4,8,10H,2-3,5-7H2,(H,19,20)(H,14,16,18)/t10-/m1/s1. The number of likely N-dealkylation sites (tertiary alicyclic amines) is 1. The van der Waals surface area contributed by atoms with Crippen molar-refractivity contribution >= 4 is 17.7 Å². The molecule has 7 heteroatoms. The molecule has 106 valence electrons. The van der Waals surface area contributed by atoms with E-state index < -0.39 is 6.09 Å². The summed E-state index contributed by atoms with van der Waals surface area (Å²) in [7, 11) is 0. The van der Waals surface area contributed by atoms with E-state index in [4.69, 9.17) is 5.11 Å². The fourth-order valence-corrected chi connectivity index (χ4v) is 3.01. The average molecular weight is 276 g/mol. The van der Waals surface area contributed by atoms with E-state index >= 15 is 0 Å². The Morgan fingerprint density at radius 1 is 1.35 bits per heavy atom. The summed E-state index contributed by atoms with van der Waals surface area (Å²) >= 11 is 0. The molecule has 1 aliphatic heterocycles. The quantitative estimate of drug-likeness (QED) is 0.846. The first-order valence-corrected chi connectivity index (χ1v) is 6.66. The Hall–Kier alpha value is -2.18. The fourth-order valence-electron chi connectivity index (χ4n) is 3.01. The second-order valence-electron chi connectivity index (χ2n) is 5.51. The van der Waals surface area contributed by atoms with E-state index in [-0.39, 0.29) is 17.2 Å². The summed E-state index contributed by atoms with van der Waals surface area (Å²) in [5, 5.41) is 19.1. The zero-order valence-electron chi connectivity index (χ0n) is 11.0. The third kappa shape index (κ3) is 2.31. The van der Waals surface area contributed by atoms with E-state index in [0.717, 1.165) is 19.3 Å². The van der Waals surface area contributed by atoms with Gasteiger partial charge in [0, 0.05) is 19.0 Å². The maximum atomic E-state index is 12.2. The Bertz CT molecular complexity index is 526. The van der Waals surface area contributed by atoms with Gasteiger partial charge in [-0.1, -0.05) is 0 Å². The SMILES string of the molecule is O=C(Nc1ccnnc1)[C@H]1CC12CCN(C(=O)O)CC2. The topological polar surface area (TPSA) is 95.4 Å². The number of nitrogens with one attached hydrogen (secondary N) is 1. The van der Waals surface area contributed by atoms with Gasteiger partial charge in [0.15, 0.2) is 0 Å². The third-order valence-corrected chi connectivity index (χ3v) is 4.39. The molecule has 7 nitrogen and oxygen atoms in total. The Kier molecular flexibility index (Phi) is 3.04. The number of amides is 2. The van der Waals surface area contributed by atoms with Crippen molar-refractivity contribution in [3.63, 3.8) is 0 Å². The van der Waals surface area contributed by atoms with Crippen molar-refractivity contribution in [2.75, 3.05) is 18.4 Å². The largest absolute Gasteiger partial charge is 0.465 e. The van der Waals surface area contributed by atoms with Crippen LogP contribution in [0.4, 0.5) is 10.5 Å². The number of aromatic nitrogens is 2. The molecule has 2 N–H and O–H groups in total. The van der Waals surface area contributed by atoms with Gasteiger partial charge in [-0.15, -0.1) is 0 Å². The number of anilines is 1. The van der Waals surface area contributed by atoms with Crippen molar-refractivity contribution in [2.24, 2.45) is 11.3 Å². The van der Waals surface area contributed by atoms with Crippen LogP contribution in [0.5, 0.6) is 0 Å². The minimum Gasteiger partial charge on any atom is -0.465 e. The Morgan fingerprint density at radius 2 is 2.10 bits per heavy atom. The van der Waals surface area contributed by atoms with Crippen LogP contribution in [0.3, 0.4) is 0 Å². The van der Waals surface area contributed by atoms with Gasteiger partial charge in [-0.2, -0.15) is 10.2 Å². The monoisotopic (exact) mass is 276 g/mol. The fraction of sp³-hybridized carbons (Fsp3) is 0.538. The first-order chi connectivity index (χ1) is 9.61. The normalized spacial score (nSPS) is 23.4. The molecule has 20 heavy (non-hydrogen) atoms. The van der Waals surface area contributed by atoms with Crippen molar-refractivity contribution in [3.05, 3.63) is 18.5 Å². The average Bonchev–Trinajstić information content (AvgIpc) is 3.14. The Balaban J connectivity index is 1.56. The predicted molar refractivity (Wildman–Crippen MR) is 70.0 cm³/mol. The number of piperidine rings is 1. The Morgan fingerprint density at radius 3 is 2.70 bits per heavy atom. The number of rotatable bonds is 2. The molecule has 1 saturated carbocycles. The van der Waals surface area contributed by atoms with Crippen molar-refractivity contribution in [1.29, 1.82) is 0 Å². The molecule has 0 bridgehead atoms. The summed E-state index contributed by atoms with van der Waals surface area (Å²) in [4.78, 5) is 24.5. The highest BCUT2D eigenvalue weighted by molar-refractivity contribution is 5.94. The molecule has 1 spiro atoms. The first kappa shape index (κ1) is 12.8. The van der Waals surface area contributed by atoms with Gasteiger partial charge in [-0.25, -0.2) is 4.79 Å². The molecule has 1 atom stereocenters. The lowest BCUT2D eigenvalue weighted by molar-refractivity contribution is -0.118. The zero-order chi connectivity index (χ0) is 14.2. The highest BCUT2D eigenvalue weighted by Crippen LogP contribution is 2.59. The maximum absolute atomic E-state index is 12.2. The molecule has 1 aromatic heterocycles. The molecule has 1 aromatic rings. The summed E-state index contributed by atoms with van der Waals surface area (Å²) in [6.45, 7) is 1.05. The van der Waals surface area contributed by atoms with Crippen LogP contribution < -0.4 is 5.32 Å². The maximum Gasteiger partial charge on any atom is 0.407 e. The van der Waals surface area contributed by atoms with Crippen molar-refractivity contribution in [1.82, 2.24) is 15.1 Å². The van der Waals surface area contributed by atoms with Crippen LogP contribution >= 0.6 is 0 Å². The van der Waals surface area contributed by atoms with Gasteiger partial charge < -0.3 is 15.3 Å². The summed E-state index contributed by atoms with van der Waals surface area (Å²) < 4.78 is 0. The van der Waals surface area contributed by atoms with Crippen LogP contribution in [-0.4, -0.2) is 45.3 Å². The molecule has 2 aliphatic rings. The molecule has 1 saturated heterocycles. The summed E-state index contributed by atoms with van der Waals surface area (Å²) in [6.07, 6.45) is 4.57. The smallest absolute Gasteiger partial charge is 0.407 e. The van der Waals surface area contributed by atoms with Gasteiger partial charge in [-0.05, 0) is 30.7 Å². The minimum absolute atomic E-state index is 0.00164. The van der Waals surface area contributed by atoms with Gasteiger partial charge in [0.25, 0.3) is 0 Å². The van der Waals surface area contributed by atoms with E-state index in [2.05, 4.69) is 15.5 Å². The molecule has 2 amide bonds. The molecule has 2 heterocycles. The molecule has 3 rings (SSSR count). The van der Waals surface area contributed by atoms with Gasteiger partial charge in [0.1, 0.15) is 0 Å². The third-order valence-electron chi connectivity index (χ3n) is 4.39. The van der Waals surface area contributed by atoms with E-state index in [9.17, 15) is 9.59 Å². The van der Waals surface area contributed by atoms with Crippen LogP contribution in [-0.2, 0) is 4.79 Å². The van der Waals surface area contributed by atoms with Crippen LogP contribution in [0.2, 0.25) is 0 Å². The van der Waals surface area contributed by atoms with Crippen molar-refractivity contribution in [3.8, 4) is 0 Å². The number of carbonyl (C=O) groups excluding carboxylic acids is 1. The lowest BCUT2D eigenvalue weighted by Crippen LogP contribution is -2.39. The second-order valence-corrected chi connectivity index (χ2v) is 5.51. The van der Waals surface area contributed by atoms with E-state index in [1.807, 2.05) is 0 Å². The number of hydrogen-bond acceptors (Lipinski definition) is 4.